The van der Waals surface area contributed by atoms with Crippen LogP contribution in [0.2, 0.25) is 0 Å². The summed E-state index contributed by atoms with van der Waals surface area (Å²) >= 11 is 0. The van der Waals surface area contributed by atoms with Crippen molar-refractivity contribution in [1.29, 1.82) is 0 Å². The van der Waals surface area contributed by atoms with Crippen molar-refractivity contribution >= 4 is 0 Å². The van der Waals surface area contributed by atoms with Gasteiger partial charge in [-0.25, -0.2) is 0 Å². The van der Waals surface area contributed by atoms with Crippen molar-refractivity contribution in [1.82, 2.24) is 5.23 Å². The lowest BCUT2D eigenvalue weighted by Crippen LogP contribution is -2.42. The highest BCUT2D eigenvalue weighted by molar-refractivity contribution is 5.19. The molecule has 3 unspecified atom stereocenters. The molecule has 3 rings (SSSR count). The molecule has 2 aliphatic heterocycles. The van der Waals surface area contributed by atoms with Crippen molar-refractivity contribution in [3.05, 3.63) is 35.9 Å². The summed E-state index contributed by atoms with van der Waals surface area (Å²) < 4.78 is 0. The minimum Gasteiger partial charge on any atom is -0.389 e. The molecule has 2 fully saturated rings. The van der Waals surface area contributed by atoms with Gasteiger partial charge in [0.05, 0.1) is 6.61 Å². The van der Waals surface area contributed by atoms with Crippen LogP contribution < -0.4 is 0 Å². The van der Waals surface area contributed by atoms with E-state index in [-0.39, 0.29) is 6.10 Å². The maximum atomic E-state index is 9.88. The maximum Gasteiger partial charge on any atom is 0.109 e. The highest BCUT2D eigenvalue weighted by atomic mass is 17.0. The Bertz CT molecular complexity index is 383. The van der Waals surface area contributed by atoms with Gasteiger partial charge in [-0.3, -0.25) is 9.68 Å². The quantitative estimate of drug-likeness (QED) is 0.779. The summed E-state index contributed by atoms with van der Waals surface area (Å²) in [4.78, 5) is 11.0. The van der Waals surface area contributed by atoms with E-state index in [1.807, 2.05) is 37.3 Å². The van der Waals surface area contributed by atoms with Crippen molar-refractivity contribution in [3.8, 4) is 0 Å². The highest BCUT2D eigenvalue weighted by Crippen LogP contribution is 2.45. The normalized spacial score (nSPS) is 38.9. The van der Waals surface area contributed by atoms with E-state index in [0.717, 1.165) is 12.0 Å². The smallest absolute Gasteiger partial charge is 0.109 e. The summed E-state index contributed by atoms with van der Waals surface area (Å²) in [5.74, 6) is 0. The zero-order valence-electron chi connectivity index (χ0n) is 9.17. The molecule has 16 heavy (non-hydrogen) atoms. The molecule has 2 heterocycles. The summed E-state index contributed by atoms with van der Waals surface area (Å²) in [5.41, 5.74) is 0.703. The molecule has 4 nitrogen and oxygen atoms in total. The topological polar surface area (TPSA) is 41.9 Å². The second-order valence-electron chi connectivity index (χ2n) is 4.63. The molecule has 0 aromatic heterocycles. The number of fused-ring (bicyclic) bond motifs is 1. The Balaban J connectivity index is 1.84. The highest BCUT2D eigenvalue weighted by Gasteiger charge is 2.54. The SMILES string of the molecule is CC12CC(c3ccccc3)ON1OCC2O. The van der Waals surface area contributed by atoms with Crippen LogP contribution in [-0.4, -0.2) is 28.6 Å². The van der Waals surface area contributed by atoms with Gasteiger partial charge in [-0.15, -0.1) is 0 Å². The van der Waals surface area contributed by atoms with E-state index in [2.05, 4.69) is 0 Å². The first-order valence-electron chi connectivity index (χ1n) is 5.53. The first-order chi connectivity index (χ1) is 7.70. The minimum atomic E-state index is -0.485. The maximum absolute atomic E-state index is 9.88. The van der Waals surface area contributed by atoms with Crippen molar-refractivity contribution in [2.75, 3.05) is 6.61 Å². The Morgan fingerprint density at radius 2 is 2.12 bits per heavy atom. The summed E-state index contributed by atoms with van der Waals surface area (Å²) in [7, 11) is 0. The van der Waals surface area contributed by atoms with Gasteiger partial charge in [0, 0.05) is 6.42 Å². The fourth-order valence-electron chi connectivity index (χ4n) is 2.32. The van der Waals surface area contributed by atoms with Gasteiger partial charge in [0.15, 0.2) is 0 Å². The Morgan fingerprint density at radius 3 is 2.81 bits per heavy atom. The zero-order valence-corrected chi connectivity index (χ0v) is 9.17. The van der Waals surface area contributed by atoms with Gasteiger partial charge in [0.25, 0.3) is 0 Å². The molecule has 0 saturated carbocycles. The molecule has 86 valence electrons. The molecule has 2 aliphatic rings. The molecule has 0 bridgehead atoms. The van der Waals surface area contributed by atoms with Gasteiger partial charge in [-0.1, -0.05) is 35.6 Å². The lowest BCUT2D eigenvalue weighted by atomic mass is 9.89. The predicted molar refractivity (Wildman–Crippen MR) is 57.1 cm³/mol. The molecule has 3 atom stereocenters. The van der Waals surface area contributed by atoms with Gasteiger partial charge in [-0.05, 0) is 12.5 Å². The monoisotopic (exact) mass is 221 g/mol. The van der Waals surface area contributed by atoms with Gasteiger partial charge >= 0.3 is 0 Å². The molecule has 4 heteroatoms. The van der Waals surface area contributed by atoms with Crippen LogP contribution in [0, 0.1) is 0 Å². The molecule has 1 aromatic carbocycles. The average molecular weight is 221 g/mol. The second kappa shape index (κ2) is 3.53. The molecule has 2 saturated heterocycles. The largest absolute Gasteiger partial charge is 0.389 e. The van der Waals surface area contributed by atoms with Crippen molar-refractivity contribution in [3.63, 3.8) is 0 Å². The first-order valence-corrected chi connectivity index (χ1v) is 5.53. The third-order valence-corrected chi connectivity index (χ3v) is 3.48. The second-order valence-corrected chi connectivity index (χ2v) is 4.63. The molecule has 0 aliphatic carbocycles. The van der Waals surface area contributed by atoms with Crippen LogP contribution in [0.3, 0.4) is 0 Å². The molecule has 0 spiro atoms. The fourth-order valence-corrected chi connectivity index (χ4v) is 2.32. The van der Waals surface area contributed by atoms with E-state index in [1.165, 1.54) is 5.23 Å². The summed E-state index contributed by atoms with van der Waals surface area (Å²) in [6.45, 7) is 2.28. The van der Waals surface area contributed by atoms with Crippen LogP contribution in [0.15, 0.2) is 30.3 Å². The minimum absolute atomic E-state index is 0.0267. The number of benzene rings is 1. The Hall–Kier alpha value is -0.940. The van der Waals surface area contributed by atoms with Crippen LogP contribution >= 0.6 is 0 Å². The third-order valence-electron chi connectivity index (χ3n) is 3.48. The van der Waals surface area contributed by atoms with E-state index in [0.29, 0.717) is 6.61 Å². The molecular weight excluding hydrogens is 206 g/mol. The number of nitrogens with zero attached hydrogens (tertiary/aromatic N) is 1. The van der Waals surface area contributed by atoms with E-state index >= 15 is 0 Å². The zero-order chi connectivity index (χ0) is 11.2. The average Bonchev–Trinajstić information content (AvgIpc) is 2.77. The lowest BCUT2D eigenvalue weighted by molar-refractivity contribution is -0.358. The van der Waals surface area contributed by atoms with E-state index < -0.39 is 11.6 Å². The first kappa shape index (κ1) is 10.2. The van der Waals surface area contributed by atoms with Crippen LogP contribution in [0.5, 0.6) is 0 Å². The number of aliphatic hydroxyl groups excluding tert-OH is 1. The lowest BCUT2D eigenvalue weighted by Gasteiger charge is -2.23. The fraction of sp³-hybridized carbons (Fsp3) is 0.500. The Morgan fingerprint density at radius 1 is 1.38 bits per heavy atom. The van der Waals surface area contributed by atoms with Gasteiger partial charge in [0.1, 0.15) is 17.7 Å². The van der Waals surface area contributed by atoms with Gasteiger partial charge < -0.3 is 5.11 Å². The van der Waals surface area contributed by atoms with E-state index in [4.69, 9.17) is 9.68 Å². The number of rotatable bonds is 1. The molecule has 1 N–H and O–H groups in total. The summed E-state index contributed by atoms with van der Waals surface area (Å²) in [5, 5.41) is 11.3. The van der Waals surface area contributed by atoms with Crippen LogP contribution in [-0.2, 0) is 9.68 Å². The number of hydrogen-bond donors (Lipinski definition) is 1. The van der Waals surface area contributed by atoms with E-state index in [9.17, 15) is 5.11 Å². The van der Waals surface area contributed by atoms with Crippen LogP contribution in [0.1, 0.15) is 25.0 Å². The third kappa shape index (κ3) is 1.38. The van der Waals surface area contributed by atoms with Crippen molar-refractivity contribution < 1.29 is 14.8 Å². The molecule has 0 amide bonds. The van der Waals surface area contributed by atoms with Crippen LogP contribution in [0.4, 0.5) is 0 Å². The van der Waals surface area contributed by atoms with Crippen molar-refractivity contribution in [2.45, 2.75) is 31.1 Å². The van der Waals surface area contributed by atoms with Crippen LogP contribution in [0.25, 0.3) is 0 Å². The summed E-state index contributed by atoms with van der Waals surface area (Å²) in [6.07, 6.45) is 0.236. The molecular formula is C12H15NO3. The Kier molecular flexibility index (Phi) is 2.26. The van der Waals surface area contributed by atoms with Crippen molar-refractivity contribution in [2.24, 2.45) is 0 Å². The predicted octanol–water partition coefficient (Wildman–Crippen LogP) is 1.43. The van der Waals surface area contributed by atoms with E-state index in [1.54, 1.807) is 0 Å². The molecule has 0 radical (unpaired) electrons. The number of hydrogen-bond acceptors (Lipinski definition) is 4. The number of aliphatic hydroxyl groups is 1. The number of hydroxylamine groups is 2. The summed E-state index contributed by atoms with van der Waals surface area (Å²) in [6, 6.07) is 10.0. The molecule has 1 aromatic rings. The van der Waals surface area contributed by atoms with Gasteiger partial charge in [0.2, 0.25) is 0 Å². The van der Waals surface area contributed by atoms with Gasteiger partial charge in [-0.2, -0.15) is 0 Å². The standard InChI is InChI=1S/C12H15NO3/c1-12-7-10(9-5-3-2-4-6-9)16-13(12)15-8-11(12)14/h2-6,10-11,14H,7-8H2,1H3. The Labute approximate surface area is 94.3 Å².